The van der Waals surface area contributed by atoms with Gasteiger partial charge in [-0.25, -0.2) is 0 Å². The summed E-state index contributed by atoms with van der Waals surface area (Å²) in [6, 6.07) is 9.36. The number of nitriles is 1. The van der Waals surface area contributed by atoms with Crippen molar-refractivity contribution in [1.82, 2.24) is 4.90 Å². The first-order valence-electron chi connectivity index (χ1n) is 6.10. The van der Waals surface area contributed by atoms with E-state index in [2.05, 4.69) is 6.07 Å². The lowest BCUT2D eigenvalue weighted by molar-refractivity contribution is 0.101. The van der Waals surface area contributed by atoms with Crippen LogP contribution in [0, 0.1) is 11.3 Å². The molecule has 1 rings (SSSR count). The number of hydrogen-bond donors (Lipinski definition) is 0. The molecular formula is C14H19ClN2O2. The molecule has 0 amide bonds. The Hall–Kier alpha value is -1.12. The monoisotopic (exact) mass is 282 g/mol. The normalized spacial score (nSPS) is 12.4. The third-order valence-corrected chi connectivity index (χ3v) is 3.09. The van der Waals surface area contributed by atoms with E-state index in [-0.39, 0.29) is 6.04 Å². The summed E-state index contributed by atoms with van der Waals surface area (Å²) in [7, 11) is 3.30. The smallest absolute Gasteiger partial charge is 0.124 e. The van der Waals surface area contributed by atoms with Gasteiger partial charge < -0.3 is 9.47 Å². The molecular weight excluding hydrogens is 264 g/mol. The van der Waals surface area contributed by atoms with E-state index in [0.717, 1.165) is 5.56 Å². The zero-order valence-electron chi connectivity index (χ0n) is 11.3. The van der Waals surface area contributed by atoms with Crippen molar-refractivity contribution in [1.29, 1.82) is 5.26 Å². The van der Waals surface area contributed by atoms with Crippen LogP contribution in [0.3, 0.4) is 0 Å². The van der Waals surface area contributed by atoms with E-state index in [9.17, 15) is 5.26 Å². The molecule has 1 aromatic rings. The second-order valence-corrected chi connectivity index (χ2v) is 4.54. The fourth-order valence-corrected chi connectivity index (χ4v) is 1.93. The van der Waals surface area contributed by atoms with Crippen molar-refractivity contribution in [2.45, 2.75) is 6.04 Å². The van der Waals surface area contributed by atoms with E-state index in [4.69, 9.17) is 21.1 Å². The average Bonchev–Trinajstić information content (AvgIpc) is 2.43. The van der Waals surface area contributed by atoms with Crippen molar-refractivity contribution in [3.63, 3.8) is 0 Å². The van der Waals surface area contributed by atoms with Crippen LogP contribution in [0.5, 0.6) is 0 Å². The van der Waals surface area contributed by atoms with Crippen LogP contribution in [-0.4, -0.2) is 45.4 Å². The minimum atomic E-state index is -0.317. The van der Waals surface area contributed by atoms with Crippen LogP contribution in [0.25, 0.3) is 0 Å². The highest BCUT2D eigenvalue weighted by atomic mass is 35.5. The SMILES string of the molecule is COCCN(CCOC)C(C#N)c1ccc(Cl)cc1. The molecule has 0 N–H and O–H groups in total. The van der Waals surface area contributed by atoms with Crippen molar-refractivity contribution in [2.24, 2.45) is 0 Å². The summed E-state index contributed by atoms with van der Waals surface area (Å²) < 4.78 is 10.2. The molecule has 4 nitrogen and oxygen atoms in total. The summed E-state index contributed by atoms with van der Waals surface area (Å²) in [6.07, 6.45) is 0. The molecule has 0 aliphatic rings. The number of nitrogens with zero attached hydrogens (tertiary/aromatic N) is 2. The highest BCUT2D eigenvalue weighted by molar-refractivity contribution is 6.30. The number of hydrogen-bond acceptors (Lipinski definition) is 4. The van der Waals surface area contributed by atoms with Gasteiger partial charge in [0.15, 0.2) is 0 Å². The molecule has 0 aromatic heterocycles. The molecule has 1 atom stereocenters. The van der Waals surface area contributed by atoms with Crippen LogP contribution in [0.4, 0.5) is 0 Å². The summed E-state index contributed by atoms with van der Waals surface area (Å²) in [5.74, 6) is 0. The number of benzene rings is 1. The van der Waals surface area contributed by atoms with Gasteiger partial charge in [0.25, 0.3) is 0 Å². The molecule has 19 heavy (non-hydrogen) atoms. The van der Waals surface area contributed by atoms with Crippen LogP contribution < -0.4 is 0 Å². The van der Waals surface area contributed by atoms with Crippen LogP contribution in [-0.2, 0) is 9.47 Å². The van der Waals surface area contributed by atoms with Crippen molar-refractivity contribution >= 4 is 11.6 Å². The Labute approximate surface area is 119 Å². The third kappa shape index (κ3) is 5.17. The standard InChI is InChI=1S/C14H19ClN2O2/c1-18-9-7-17(8-10-19-2)14(11-16)12-3-5-13(15)6-4-12/h3-6,14H,7-10H2,1-2H3. The van der Waals surface area contributed by atoms with Gasteiger partial charge in [-0.3, -0.25) is 4.90 Å². The molecule has 1 unspecified atom stereocenters. The second-order valence-electron chi connectivity index (χ2n) is 4.10. The van der Waals surface area contributed by atoms with Crippen molar-refractivity contribution in [3.8, 4) is 6.07 Å². The van der Waals surface area contributed by atoms with Crippen LogP contribution in [0.2, 0.25) is 5.02 Å². The topological polar surface area (TPSA) is 45.5 Å². The minimum absolute atomic E-state index is 0.317. The van der Waals surface area contributed by atoms with Crippen LogP contribution in [0.1, 0.15) is 11.6 Å². The fraction of sp³-hybridized carbons (Fsp3) is 0.500. The second kappa shape index (κ2) is 8.89. The first kappa shape index (κ1) is 15.9. The highest BCUT2D eigenvalue weighted by Gasteiger charge is 2.19. The number of ether oxygens (including phenoxy) is 2. The zero-order valence-corrected chi connectivity index (χ0v) is 12.1. The summed E-state index contributed by atoms with van der Waals surface area (Å²) in [5, 5.41) is 10.1. The lowest BCUT2D eigenvalue weighted by atomic mass is 10.1. The lowest BCUT2D eigenvalue weighted by Gasteiger charge is -2.26. The van der Waals surface area contributed by atoms with Gasteiger partial charge in [-0.2, -0.15) is 5.26 Å². The summed E-state index contributed by atoms with van der Waals surface area (Å²) >= 11 is 5.87. The molecule has 0 bridgehead atoms. The molecule has 104 valence electrons. The van der Waals surface area contributed by atoms with E-state index in [1.807, 2.05) is 17.0 Å². The Kier molecular flexibility index (Phi) is 7.46. The molecule has 0 fully saturated rings. The summed E-state index contributed by atoms with van der Waals surface area (Å²) in [5.41, 5.74) is 0.930. The summed E-state index contributed by atoms with van der Waals surface area (Å²) in [4.78, 5) is 2.04. The Morgan fingerprint density at radius 1 is 1.16 bits per heavy atom. The molecule has 1 aromatic carbocycles. The molecule has 0 aliphatic carbocycles. The molecule has 5 heteroatoms. The van der Waals surface area contributed by atoms with Crippen molar-refractivity contribution in [3.05, 3.63) is 34.9 Å². The van der Waals surface area contributed by atoms with E-state index in [1.54, 1.807) is 26.4 Å². The van der Waals surface area contributed by atoms with Crippen LogP contribution in [0.15, 0.2) is 24.3 Å². The van der Waals surface area contributed by atoms with Gasteiger partial charge in [-0.15, -0.1) is 0 Å². The Morgan fingerprint density at radius 3 is 2.11 bits per heavy atom. The average molecular weight is 283 g/mol. The van der Waals surface area contributed by atoms with E-state index < -0.39 is 0 Å². The molecule has 0 radical (unpaired) electrons. The van der Waals surface area contributed by atoms with Gasteiger partial charge in [0.05, 0.1) is 19.3 Å². The third-order valence-electron chi connectivity index (χ3n) is 2.84. The molecule has 0 saturated carbocycles. The Bertz CT molecular complexity index is 395. The lowest BCUT2D eigenvalue weighted by Crippen LogP contribution is -2.34. The Balaban J connectivity index is 2.82. The van der Waals surface area contributed by atoms with Gasteiger partial charge in [-0.1, -0.05) is 23.7 Å². The zero-order chi connectivity index (χ0) is 14.1. The molecule has 0 aliphatic heterocycles. The molecule has 0 saturated heterocycles. The summed E-state index contributed by atoms with van der Waals surface area (Å²) in [6.45, 7) is 2.52. The number of methoxy groups -OCH3 is 2. The first-order chi connectivity index (χ1) is 9.22. The van der Waals surface area contributed by atoms with Gasteiger partial charge in [0.1, 0.15) is 6.04 Å². The van der Waals surface area contributed by atoms with Gasteiger partial charge >= 0.3 is 0 Å². The quantitative estimate of drug-likeness (QED) is 0.735. The van der Waals surface area contributed by atoms with E-state index in [0.29, 0.717) is 31.3 Å². The number of rotatable bonds is 8. The van der Waals surface area contributed by atoms with E-state index >= 15 is 0 Å². The van der Waals surface area contributed by atoms with E-state index in [1.165, 1.54) is 0 Å². The predicted molar refractivity (Wildman–Crippen MR) is 75.1 cm³/mol. The van der Waals surface area contributed by atoms with Crippen LogP contribution >= 0.6 is 11.6 Å². The van der Waals surface area contributed by atoms with Crippen molar-refractivity contribution < 1.29 is 9.47 Å². The minimum Gasteiger partial charge on any atom is -0.383 e. The van der Waals surface area contributed by atoms with Gasteiger partial charge in [0.2, 0.25) is 0 Å². The predicted octanol–water partition coefficient (Wildman–Crippen LogP) is 2.50. The largest absolute Gasteiger partial charge is 0.383 e. The maximum atomic E-state index is 9.41. The van der Waals surface area contributed by atoms with Crippen molar-refractivity contribution in [2.75, 3.05) is 40.5 Å². The molecule has 0 heterocycles. The fourth-order valence-electron chi connectivity index (χ4n) is 1.80. The maximum Gasteiger partial charge on any atom is 0.124 e. The number of halogens is 1. The highest BCUT2D eigenvalue weighted by Crippen LogP contribution is 2.21. The van der Waals surface area contributed by atoms with Gasteiger partial charge in [0, 0.05) is 32.3 Å². The Morgan fingerprint density at radius 2 is 1.68 bits per heavy atom. The van der Waals surface area contributed by atoms with Gasteiger partial charge in [-0.05, 0) is 17.7 Å². The first-order valence-corrected chi connectivity index (χ1v) is 6.47. The maximum absolute atomic E-state index is 9.41. The molecule has 0 spiro atoms.